The molecular formula is C22H17BF4O2S. The van der Waals surface area contributed by atoms with Crippen LogP contribution in [0.3, 0.4) is 0 Å². The molecule has 154 valence electrons. The second kappa shape index (κ2) is 9.67. The van der Waals surface area contributed by atoms with Gasteiger partial charge < -0.3 is 21.7 Å². The van der Waals surface area contributed by atoms with Crippen molar-refractivity contribution < 1.29 is 21.7 Å². The molecule has 4 aromatic rings. The van der Waals surface area contributed by atoms with E-state index in [4.69, 9.17) is 4.42 Å². The van der Waals surface area contributed by atoms with Crippen LogP contribution in [0, 0.1) is 0 Å². The van der Waals surface area contributed by atoms with E-state index in [0.717, 1.165) is 16.7 Å². The van der Waals surface area contributed by atoms with Gasteiger partial charge in [0.05, 0.1) is 10.9 Å². The lowest BCUT2D eigenvalue weighted by Crippen LogP contribution is -2.10. The molecule has 0 aliphatic heterocycles. The van der Waals surface area contributed by atoms with Crippen LogP contribution in [0.1, 0.15) is 5.56 Å². The van der Waals surface area contributed by atoms with E-state index in [1.165, 1.54) is 9.79 Å². The fourth-order valence-electron chi connectivity index (χ4n) is 2.93. The topological polar surface area (TPSA) is 30.2 Å². The van der Waals surface area contributed by atoms with Crippen LogP contribution in [0.5, 0.6) is 0 Å². The summed E-state index contributed by atoms with van der Waals surface area (Å²) < 4.78 is 44.3. The summed E-state index contributed by atoms with van der Waals surface area (Å²) in [6.07, 6.45) is 0. The summed E-state index contributed by atoms with van der Waals surface area (Å²) in [6, 6.07) is 30.3. The van der Waals surface area contributed by atoms with Crippen molar-refractivity contribution in [1.29, 1.82) is 0 Å². The third-order valence-electron chi connectivity index (χ3n) is 4.09. The number of rotatable bonds is 4. The smallest absolute Gasteiger partial charge is 0.423 e. The van der Waals surface area contributed by atoms with E-state index in [9.17, 15) is 22.1 Å². The highest BCUT2D eigenvalue weighted by atomic mass is 32.2. The average molecular weight is 432 g/mol. The summed E-state index contributed by atoms with van der Waals surface area (Å²) in [5, 5.41) is 1.01. The summed E-state index contributed by atoms with van der Waals surface area (Å²) in [5.74, 6) is 0.778. The first kappa shape index (κ1) is 21.7. The molecular weight excluding hydrogens is 415 g/mol. The zero-order chi connectivity index (χ0) is 21.6. The summed E-state index contributed by atoms with van der Waals surface area (Å²) in [6.45, 7) is 0. The van der Waals surface area contributed by atoms with Crippen LogP contribution in [-0.4, -0.2) is 7.25 Å². The molecule has 1 heterocycles. The number of hydrogen-bond donors (Lipinski definition) is 0. The van der Waals surface area contributed by atoms with E-state index in [2.05, 4.69) is 48.5 Å². The molecule has 1 aromatic heterocycles. The van der Waals surface area contributed by atoms with Gasteiger partial charge in [-0.25, -0.2) is 4.79 Å². The summed E-state index contributed by atoms with van der Waals surface area (Å²) in [4.78, 5) is 14.5. The Balaban J connectivity index is 0.000000461. The number of para-hydroxylation sites is 1. The molecule has 30 heavy (non-hydrogen) atoms. The highest BCUT2D eigenvalue weighted by Crippen LogP contribution is 2.29. The third-order valence-corrected chi connectivity index (χ3v) is 6.37. The van der Waals surface area contributed by atoms with Crippen molar-refractivity contribution in [1.82, 2.24) is 0 Å². The highest BCUT2D eigenvalue weighted by molar-refractivity contribution is 7.96. The lowest BCUT2D eigenvalue weighted by molar-refractivity contribution is 0.368. The summed E-state index contributed by atoms with van der Waals surface area (Å²) >= 11 is 0. The van der Waals surface area contributed by atoms with Crippen LogP contribution < -0.4 is 5.63 Å². The minimum atomic E-state index is -6.00. The van der Waals surface area contributed by atoms with Crippen molar-refractivity contribution in [3.8, 4) is 0 Å². The Hall–Kier alpha value is -3.00. The van der Waals surface area contributed by atoms with E-state index in [-0.39, 0.29) is 16.5 Å². The van der Waals surface area contributed by atoms with Gasteiger partial charge in [0.2, 0.25) is 0 Å². The number of halogens is 4. The maximum Gasteiger partial charge on any atom is 0.673 e. The standard InChI is InChI=1S/C22H17O2S.BF4/c23-22-15-17(20-13-7-8-14-21(20)24-22)16-25(18-9-3-1-4-10-18)19-11-5-2-6-12-19;2-1(3,4)5/h1-15H,16H2;/q+1;-1. The van der Waals surface area contributed by atoms with Crippen molar-refractivity contribution in [3.05, 3.63) is 107 Å². The van der Waals surface area contributed by atoms with Gasteiger partial charge in [0.15, 0.2) is 9.79 Å². The Morgan fingerprint density at radius 3 is 1.73 bits per heavy atom. The summed E-state index contributed by atoms with van der Waals surface area (Å²) in [7, 11) is -6.15. The maximum atomic E-state index is 12.0. The zero-order valence-electron chi connectivity index (χ0n) is 15.7. The fourth-order valence-corrected chi connectivity index (χ4v) is 5.05. The number of benzene rings is 3. The van der Waals surface area contributed by atoms with Gasteiger partial charge in [0.25, 0.3) is 0 Å². The monoisotopic (exact) mass is 432 g/mol. The van der Waals surface area contributed by atoms with Gasteiger partial charge in [0.1, 0.15) is 11.3 Å². The van der Waals surface area contributed by atoms with E-state index in [1.54, 1.807) is 6.07 Å². The molecule has 4 rings (SSSR count). The van der Waals surface area contributed by atoms with Crippen molar-refractivity contribution in [2.45, 2.75) is 15.5 Å². The van der Waals surface area contributed by atoms with E-state index in [0.29, 0.717) is 5.58 Å². The predicted molar refractivity (Wildman–Crippen MR) is 113 cm³/mol. The Bertz CT molecular complexity index is 1100. The van der Waals surface area contributed by atoms with Gasteiger partial charge in [-0.15, -0.1) is 0 Å². The Labute approximate surface area is 173 Å². The van der Waals surface area contributed by atoms with E-state index < -0.39 is 7.25 Å². The van der Waals surface area contributed by atoms with E-state index >= 15 is 0 Å². The van der Waals surface area contributed by atoms with Gasteiger partial charge in [-0.1, -0.05) is 54.6 Å². The number of hydrogen-bond acceptors (Lipinski definition) is 2. The van der Waals surface area contributed by atoms with Gasteiger partial charge in [-0.05, 0) is 30.3 Å². The van der Waals surface area contributed by atoms with Crippen LogP contribution in [0.2, 0.25) is 0 Å². The number of fused-ring (bicyclic) bond motifs is 1. The predicted octanol–water partition coefficient (Wildman–Crippen LogP) is 6.33. The molecule has 0 radical (unpaired) electrons. The van der Waals surface area contributed by atoms with Crippen LogP contribution >= 0.6 is 0 Å². The molecule has 0 unspecified atom stereocenters. The van der Waals surface area contributed by atoms with Crippen LogP contribution in [-0.2, 0) is 16.6 Å². The molecule has 0 amide bonds. The van der Waals surface area contributed by atoms with E-state index in [1.807, 2.05) is 36.4 Å². The lowest BCUT2D eigenvalue weighted by Gasteiger charge is -2.09. The highest BCUT2D eigenvalue weighted by Gasteiger charge is 2.26. The van der Waals surface area contributed by atoms with Crippen LogP contribution in [0.4, 0.5) is 17.3 Å². The Morgan fingerprint density at radius 2 is 1.20 bits per heavy atom. The SMILES string of the molecule is F[B-](F)(F)F.O=c1cc(C[S+](c2ccccc2)c2ccccc2)c2ccccc2o1. The molecule has 0 aliphatic rings. The molecule has 0 saturated heterocycles. The normalized spacial score (nSPS) is 11.2. The second-order valence-electron chi connectivity index (χ2n) is 6.24. The van der Waals surface area contributed by atoms with Crippen LogP contribution in [0.25, 0.3) is 11.0 Å². The molecule has 0 saturated carbocycles. The molecule has 0 fully saturated rings. The molecule has 0 bridgehead atoms. The van der Waals surface area contributed by atoms with Gasteiger partial charge in [0, 0.05) is 17.0 Å². The van der Waals surface area contributed by atoms with Gasteiger partial charge >= 0.3 is 12.9 Å². The van der Waals surface area contributed by atoms with Gasteiger partial charge in [-0.3, -0.25) is 0 Å². The lowest BCUT2D eigenvalue weighted by atomic mass is 10.1. The van der Waals surface area contributed by atoms with Crippen molar-refractivity contribution >= 4 is 29.1 Å². The first-order valence-electron chi connectivity index (χ1n) is 9.01. The maximum absolute atomic E-state index is 12.0. The summed E-state index contributed by atoms with van der Waals surface area (Å²) in [5.41, 5.74) is 1.39. The van der Waals surface area contributed by atoms with Crippen molar-refractivity contribution in [2.24, 2.45) is 0 Å². The Morgan fingerprint density at radius 1 is 0.733 bits per heavy atom. The minimum Gasteiger partial charge on any atom is -0.423 e. The first-order valence-corrected chi connectivity index (χ1v) is 10.4. The molecule has 2 nitrogen and oxygen atoms in total. The largest absolute Gasteiger partial charge is 0.673 e. The van der Waals surface area contributed by atoms with Crippen molar-refractivity contribution in [2.75, 3.05) is 0 Å². The molecule has 0 spiro atoms. The molecule has 3 aromatic carbocycles. The minimum absolute atomic E-state index is 0.147. The average Bonchev–Trinajstić information content (AvgIpc) is 2.72. The quantitative estimate of drug-likeness (QED) is 0.163. The fraction of sp³-hybridized carbons (Fsp3) is 0.0455. The van der Waals surface area contributed by atoms with Crippen LogP contribution in [0.15, 0.2) is 110 Å². The molecule has 0 N–H and O–H groups in total. The molecule has 0 aliphatic carbocycles. The Kier molecular flexibility index (Phi) is 7.00. The third kappa shape index (κ3) is 6.25. The first-order chi connectivity index (χ1) is 14.3. The van der Waals surface area contributed by atoms with Crippen molar-refractivity contribution in [3.63, 3.8) is 0 Å². The second-order valence-corrected chi connectivity index (χ2v) is 8.26. The molecule has 8 heteroatoms. The van der Waals surface area contributed by atoms with Gasteiger partial charge in [-0.2, -0.15) is 0 Å². The zero-order valence-corrected chi connectivity index (χ0v) is 16.5. The molecule has 0 atom stereocenters.